The first-order valence-electron chi connectivity index (χ1n) is 9.01. The number of hydrogen-bond donors (Lipinski definition) is 1. The average Bonchev–Trinajstić information content (AvgIpc) is 2.71. The summed E-state index contributed by atoms with van der Waals surface area (Å²) in [7, 11) is 0. The molecule has 1 aromatic heterocycles. The highest BCUT2D eigenvalue weighted by Gasteiger charge is 2.23. The summed E-state index contributed by atoms with van der Waals surface area (Å²) in [5.41, 5.74) is 3.03. The molecule has 1 amide bonds. The maximum absolute atomic E-state index is 12.6. The maximum atomic E-state index is 12.6. The molecular formula is C21H23N5O. The zero-order chi connectivity index (χ0) is 19.1. The van der Waals surface area contributed by atoms with Crippen molar-refractivity contribution in [3.8, 4) is 6.07 Å². The van der Waals surface area contributed by atoms with Crippen LogP contribution in [0, 0.1) is 18.3 Å². The number of hydrogen-bond acceptors (Lipinski definition) is 5. The van der Waals surface area contributed by atoms with Crippen LogP contribution in [0.25, 0.3) is 0 Å². The summed E-state index contributed by atoms with van der Waals surface area (Å²) in [6.07, 6.45) is 3.14. The van der Waals surface area contributed by atoms with Gasteiger partial charge in [-0.3, -0.25) is 14.7 Å². The Morgan fingerprint density at radius 3 is 2.56 bits per heavy atom. The van der Waals surface area contributed by atoms with Crippen molar-refractivity contribution < 1.29 is 4.79 Å². The van der Waals surface area contributed by atoms with Crippen molar-refractivity contribution in [2.24, 2.45) is 0 Å². The van der Waals surface area contributed by atoms with Gasteiger partial charge in [0.25, 0.3) is 5.91 Å². The Morgan fingerprint density at radius 1 is 1.19 bits per heavy atom. The molecule has 3 rings (SSSR count). The number of nitrogens with one attached hydrogen (secondary N) is 1. The minimum Gasteiger partial charge on any atom is -0.359 e. The van der Waals surface area contributed by atoms with Gasteiger partial charge in [-0.2, -0.15) is 5.26 Å². The van der Waals surface area contributed by atoms with Crippen LogP contribution in [0.5, 0.6) is 0 Å². The second kappa shape index (κ2) is 8.97. The molecule has 0 bridgehead atoms. The zero-order valence-electron chi connectivity index (χ0n) is 15.4. The largest absolute Gasteiger partial charge is 0.359 e. The first kappa shape index (κ1) is 18.6. The third-order valence-electron chi connectivity index (χ3n) is 4.55. The van der Waals surface area contributed by atoms with E-state index in [1.54, 1.807) is 11.1 Å². The molecule has 1 N–H and O–H groups in total. The number of piperazine rings is 1. The van der Waals surface area contributed by atoms with Gasteiger partial charge in [-0.25, -0.2) is 0 Å². The Hall–Kier alpha value is -3.17. The van der Waals surface area contributed by atoms with Gasteiger partial charge in [0.2, 0.25) is 0 Å². The molecule has 27 heavy (non-hydrogen) atoms. The molecule has 1 aliphatic rings. The Balaban J connectivity index is 1.54. The van der Waals surface area contributed by atoms with E-state index in [4.69, 9.17) is 0 Å². The molecule has 0 saturated carbocycles. The lowest BCUT2D eigenvalue weighted by molar-refractivity contribution is -0.128. The molecule has 1 saturated heterocycles. The van der Waals surface area contributed by atoms with Crippen LogP contribution >= 0.6 is 0 Å². The molecule has 2 aromatic rings. The summed E-state index contributed by atoms with van der Waals surface area (Å²) in [6, 6.07) is 16.0. The summed E-state index contributed by atoms with van der Waals surface area (Å²) >= 11 is 0. The number of aryl methyl sites for hydroxylation is 1. The molecule has 1 aromatic carbocycles. The zero-order valence-corrected chi connectivity index (χ0v) is 15.4. The van der Waals surface area contributed by atoms with Gasteiger partial charge < -0.3 is 10.2 Å². The van der Waals surface area contributed by atoms with Crippen molar-refractivity contribution >= 4 is 11.6 Å². The van der Waals surface area contributed by atoms with E-state index in [2.05, 4.69) is 27.3 Å². The van der Waals surface area contributed by atoms with E-state index < -0.39 is 0 Å². The number of carbonyl (C=O) groups excluding carboxylic acids is 1. The highest BCUT2D eigenvalue weighted by molar-refractivity contribution is 5.97. The highest BCUT2D eigenvalue weighted by atomic mass is 16.2. The summed E-state index contributed by atoms with van der Waals surface area (Å²) in [4.78, 5) is 20.9. The number of nitrogens with zero attached hydrogens (tertiary/aromatic N) is 4. The van der Waals surface area contributed by atoms with Crippen molar-refractivity contribution in [1.29, 1.82) is 5.26 Å². The summed E-state index contributed by atoms with van der Waals surface area (Å²) in [5, 5.41) is 12.3. The number of nitriles is 1. The lowest BCUT2D eigenvalue weighted by Gasteiger charge is -2.34. The van der Waals surface area contributed by atoms with E-state index in [1.807, 2.05) is 43.3 Å². The van der Waals surface area contributed by atoms with Crippen LogP contribution < -0.4 is 5.32 Å². The Labute approximate surface area is 159 Å². The quantitative estimate of drug-likeness (QED) is 0.655. The predicted octanol–water partition coefficient (Wildman–Crippen LogP) is 2.55. The van der Waals surface area contributed by atoms with Gasteiger partial charge in [-0.1, -0.05) is 30.3 Å². The van der Waals surface area contributed by atoms with E-state index >= 15 is 0 Å². The maximum Gasteiger partial charge on any atom is 0.266 e. The van der Waals surface area contributed by atoms with E-state index in [9.17, 15) is 10.1 Å². The van der Waals surface area contributed by atoms with Crippen molar-refractivity contribution in [2.75, 3.05) is 31.5 Å². The van der Waals surface area contributed by atoms with Crippen molar-refractivity contribution in [3.05, 3.63) is 71.7 Å². The molecule has 138 valence electrons. The minimum absolute atomic E-state index is 0.104. The monoisotopic (exact) mass is 361 g/mol. The Morgan fingerprint density at radius 2 is 1.93 bits per heavy atom. The molecule has 2 heterocycles. The molecule has 0 spiro atoms. The Bertz CT molecular complexity index is 831. The third kappa shape index (κ3) is 5.16. The molecule has 1 fully saturated rings. The fraction of sp³-hybridized carbons (Fsp3) is 0.286. The number of carbonyl (C=O) groups is 1. The normalized spacial score (nSPS) is 15.3. The number of pyridine rings is 1. The van der Waals surface area contributed by atoms with Crippen LogP contribution in [0.1, 0.15) is 11.3 Å². The van der Waals surface area contributed by atoms with Crippen molar-refractivity contribution in [2.45, 2.75) is 13.5 Å². The van der Waals surface area contributed by atoms with Gasteiger partial charge in [0, 0.05) is 44.6 Å². The first-order chi connectivity index (χ1) is 13.2. The third-order valence-corrected chi connectivity index (χ3v) is 4.55. The standard InChI is InChI=1S/C21H23N5O/c1-17-7-8-20(15-23-17)24-14-19(13-22)21(27)26-11-9-25(10-12-26)16-18-5-3-2-4-6-18/h2-8,14-15,24H,9-12,16H2,1H3/b19-14-. The topological polar surface area (TPSA) is 72.3 Å². The molecule has 0 radical (unpaired) electrons. The van der Waals surface area contributed by atoms with E-state index in [0.29, 0.717) is 13.1 Å². The van der Waals surface area contributed by atoms with Gasteiger partial charge in [-0.15, -0.1) is 0 Å². The van der Waals surface area contributed by atoms with Gasteiger partial charge in [-0.05, 0) is 24.6 Å². The van der Waals surface area contributed by atoms with Crippen LogP contribution in [0.4, 0.5) is 5.69 Å². The summed E-state index contributed by atoms with van der Waals surface area (Å²) in [5.74, 6) is -0.232. The average molecular weight is 361 g/mol. The van der Waals surface area contributed by atoms with Gasteiger partial charge in [0.15, 0.2) is 0 Å². The molecule has 0 atom stereocenters. The van der Waals surface area contributed by atoms with Crippen LogP contribution in [-0.2, 0) is 11.3 Å². The van der Waals surface area contributed by atoms with Gasteiger partial charge >= 0.3 is 0 Å². The summed E-state index contributed by atoms with van der Waals surface area (Å²) in [6.45, 7) is 5.63. The second-order valence-corrected chi connectivity index (χ2v) is 6.56. The smallest absolute Gasteiger partial charge is 0.266 e. The minimum atomic E-state index is -0.232. The highest BCUT2D eigenvalue weighted by Crippen LogP contribution is 2.12. The molecule has 1 aliphatic heterocycles. The molecule has 6 heteroatoms. The number of rotatable bonds is 5. The van der Waals surface area contributed by atoms with Gasteiger partial charge in [0.1, 0.15) is 11.6 Å². The fourth-order valence-electron chi connectivity index (χ4n) is 2.97. The van der Waals surface area contributed by atoms with Crippen LogP contribution in [0.3, 0.4) is 0 Å². The second-order valence-electron chi connectivity index (χ2n) is 6.56. The number of benzene rings is 1. The predicted molar refractivity (Wildman–Crippen MR) is 105 cm³/mol. The van der Waals surface area contributed by atoms with Gasteiger partial charge in [0.05, 0.1) is 11.9 Å². The van der Waals surface area contributed by atoms with Crippen LogP contribution in [0.2, 0.25) is 0 Å². The number of aromatic nitrogens is 1. The van der Waals surface area contributed by atoms with Crippen molar-refractivity contribution in [3.63, 3.8) is 0 Å². The lowest BCUT2D eigenvalue weighted by Crippen LogP contribution is -2.48. The first-order valence-corrected chi connectivity index (χ1v) is 9.01. The molecular weight excluding hydrogens is 338 g/mol. The van der Waals surface area contributed by atoms with Crippen molar-refractivity contribution in [1.82, 2.24) is 14.8 Å². The van der Waals surface area contributed by atoms with Crippen LogP contribution in [0.15, 0.2) is 60.4 Å². The van der Waals surface area contributed by atoms with E-state index in [0.717, 1.165) is 31.0 Å². The molecule has 6 nitrogen and oxygen atoms in total. The van der Waals surface area contributed by atoms with E-state index in [1.165, 1.54) is 11.8 Å². The Kier molecular flexibility index (Phi) is 6.18. The molecule has 0 unspecified atom stereocenters. The van der Waals surface area contributed by atoms with Crippen LogP contribution in [-0.4, -0.2) is 46.9 Å². The van der Waals surface area contributed by atoms with E-state index in [-0.39, 0.29) is 11.5 Å². The SMILES string of the molecule is Cc1ccc(N/C=C(/C#N)C(=O)N2CCN(Cc3ccccc3)CC2)cn1. The summed E-state index contributed by atoms with van der Waals surface area (Å²) < 4.78 is 0. The molecule has 0 aliphatic carbocycles. The fourth-order valence-corrected chi connectivity index (χ4v) is 2.97. The number of amides is 1. The number of anilines is 1. The lowest BCUT2D eigenvalue weighted by atomic mass is 10.2.